The van der Waals surface area contributed by atoms with E-state index in [4.69, 9.17) is 0 Å². The van der Waals surface area contributed by atoms with Crippen molar-refractivity contribution in [2.75, 3.05) is 27.2 Å². The first-order valence-electron chi connectivity index (χ1n) is 7.59. The number of rotatable bonds is 7. The number of nitrogens with zero attached hydrogens (tertiary/aromatic N) is 1. The molecule has 1 N–H and O–H groups in total. The second-order valence-electron chi connectivity index (χ2n) is 5.56. The molecule has 0 saturated heterocycles. The number of nitrogens with one attached hydrogen (secondary N) is 1. The molecule has 20 heavy (non-hydrogen) atoms. The maximum Gasteiger partial charge on any atom is 0.0446 e. The summed E-state index contributed by atoms with van der Waals surface area (Å²) in [5.41, 5.74) is 1.37. The van der Waals surface area contributed by atoms with Crippen LogP contribution in [0.25, 0.3) is 10.8 Å². The smallest absolute Gasteiger partial charge is 0.0446 e. The highest BCUT2D eigenvalue weighted by atomic mass is 15.1. The van der Waals surface area contributed by atoms with Crippen molar-refractivity contribution in [3.05, 3.63) is 48.0 Å². The van der Waals surface area contributed by atoms with Crippen molar-refractivity contribution in [1.82, 2.24) is 10.2 Å². The molecule has 108 valence electrons. The van der Waals surface area contributed by atoms with E-state index in [0.29, 0.717) is 6.04 Å². The maximum atomic E-state index is 3.45. The summed E-state index contributed by atoms with van der Waals surface area (Å²) in [6, 6.07) is 15.7. The van der Waals surface area contributed by atoms with Crippen LogP contribution in [0.3, 0.4) is 0 Å². The Labute approximate surface area is 122 Å². The largest absolute Gasteiger partial charge is 0.312 e. The molecule has 0 radical (unpaired) electrons. The van der Waals surface area contributed by atoms with Gasteiger partial charge in [0.05, 0.1) is 0 Å². The predicted octanol–water partition coefficient (Wildman–Crippen LogP) is 3.83. The number of benzene rings is 2. The highest BCUT2D eigenvalue weighted by molar-refractivity contribution is 5.83. The van der Waals surface area contributed by atoms with Crippen molar-refractivity contribution in [3.8, 4) is 0 Å². The minimum Gasteiger partial charge on any atom is -0.312 e. The molecule has 0 amide bonds. The highest BCUT2D eigenvalue weighted by Gasteiger charge is 2.12. The Bertz CT molecular complexity index is 536. The summed E-state index contributed by atoms with van der Waals surface area (Å²) >= 11 is 0. The zero-order valence-electron chi connectivity index (χ0n) is 12.9. The average molecular weight is 270 g/mol. The van der Waals surface area contributed by atoms with Crippen molar-refractivity contribution in [1.29, 1.82) is 0 Å². The first-order valence-corrected chi connectivity index (χ1v) is 7.59. The van der Waals surface area contributed by atoms with E-state index in [1.165, 1.54) is 35.7 Å². The van der Waals surface area contributed by atoms with Crippen LogP contribution in [0.2, 0.25) is 0 Å². The van der Waals surface area contributed by atoms with Crippen LogP contribution in [-0.2, 0) is 0 Å². The quantitative estimate of drug-likeness (QED) is 0.822. The van der Waals surface area contributed by atoms with Crippen molar-refractivity contribution >= 4 is 10.8 Å². The molecule has 1 atom stereocenters. The number of hydrogen-bond acceptors (Lipinski definition) is 2. The number of unbranched alkanes of at least 4 members (excludes halogenated alkanes) is 1. The summed E-state index contributed by atoms with van der Waals surface area (Å²) in [5, 5.41) is 6.08. The Morgan fingerprint density at radius 1 is 1.10 bits per heavy atom. The molecule has 2 nitrogen and oxygen atoms in total. The lowest BCUT2D eigenvalue weighted by molar-refractivity contribution is 0.292. The van der Waals surface area contributed by atoms with Crippen molar-refractivity contribution in [2.45, 2.75) is 25.8 Å². The minimum absolute atomic E-state index is 0.390. The van der Waals surface area contributed by atoms with Gasteiger partial charge in [0.1, 0.15) is 0 Å². The summed E-state index contributed by atoms with van der Waals surface area (Å²) < 4.78 is 0. The normalized spacial score (nSPS) is 13.0. The fraction of sp³-hybridized carbons (Fsp3) is 0.444. The molecule has 0 aliphatic carbocycles. The van der Waals surface area contributed by atoms with E-state index in [2.05, 4.69) is 66.7 Å². The lowest BCUT2D eigenvalue weighted by Gasteiger charge is -2.24. The van der Waals surface area contributed by atoms with Crippen LogP contribution in [0.5, 0.6) is 0 Å². The average Bonchev–Trinajstić information content (AvgIpc) is 2.50. The number of hydrogen-bond donors (Lipinski definition) is 1. The number of likely N-dealkylation sites (N-methyl/N-ethyl adjacent to an activating group) is 2. The molecule has 0 saturated carbocycles. The molecule has 0 fully saturated rings. The van der Waals surface area contributed by atoms with Crippen molar-refractivity contribution in [3.63, 3.8) is 0 Å². The summed E-state index contributed by atoms with van der Waals surface area (Å²) in [7, 11) is 4.26. The lowest BCUT2D eigenvalue weighted by atomic mass is 10.0. The second kappa shape index (κ2) is 7.41. The van der Waals surface area contributed by atoms with Crippen LogP contribution in [0.1, 0.15) is 31.4 Å². The third-order valence-electron chi connectivity index (χ3n) is 3.91. The van der Waals surface area contributed by atoms with E-state index in [-0.39, 0.29) is 0 Å². The Morgan fingerprint density at radius 3 is 2.55 bits per heavy atom. The van der Waals surface area contributed by atoms with Gasteiger partial charge in [-0.05, 0) is 49.5 Å². The Balaban J connectivity index is 2.12. The molecular weight excluding hydrogens is 244 g/mol. The van der Waals surface area contributed by atoms with Crippen LogP contribution >= 0.6 is 0 Å². The zero-order chi connectivity index (χ0) is 14.4. The van der Waals surface area contributed by atoms with Crippen LogP contribution < -0.4 is 5.32 Å². The van der Waals surface area contributed by atoms with Gasteiger partial charge >= 0.3 is 0 Å². The van der Waals surface area contributed by atoms with Crippen molar-refractivity contribution < 1.29 is 0 Å². The van der Waals surface area contributed by atoms with Crippen LogP contribution in [0.15, 0.2) is 42.5 Å². The van der Waals surface area contributed by atoms with E-state index < -0.39 is 0 Å². The van der Waals surface area contributed by atoms with Gasteiger partial charge in [0.15, 0.2) is 0 Å². The monoisotopic (exact) mass is 270 g/mol. The van der Waals surface area contributed by atoms with Gasteiger partial charge in [0.25, 0.3) is 0 Å². The lowest BCUT2D eigenvalue weighted by Crippen LogP contribution is -2.31. The molecule has 2 aromatic rings. The third kappa shape index (κ3) is 3.81. The third-order valence-corrected chi connectivity index (χ3v) is 3.91. The zero-order valence-corrected chi connectivity index (χ0v) is 12.9. The summed E-state index contributed by atoms with van der Waals surface area (Å²) in [5.74, 6) is 0. The molecule has 1 unspecified atom stereocenters. The van der Waals surface area contributed by atoms with E-state index in [9.17, 15) is 0 Å². The molecule has 2 aromatic carbocycles. The minimum atomic E-state index is 0.390. The van der Waals surface area contributed by atoms with Gasteiger partial charge in [0, 0.05) is 12.6 Å². The van der Waals surface area contributed by atoms with Gasteiger partial charge in [-0.25, -0.2) is 0 Å². The molecule has 2 heteroatoms. The molecule has 0 aliphatic heterocycles. The van der Waals surface area contributed by atoms with Crippen LogP contribution in [-0.4, -0.2) is 32.1 Å². The second-order valence-corrected chi connectivity index (χ2v) is 5.56. The molecular formula is C18H26N2. The Hall–Kier alpha value is -1.38. The fourth-order valence-corrected chi connectivity index (χ4v) is 2.62. The molecule has 0 spiro atoms. The van der Waals surface area contributed by atoms with Gasteiger partial charge in [-0.1, -0.05) is 49.7 Å². The van der Waals surface area contributed by atoms with Crippen molar-refractivity contribution in [2.24, 2.45) is 0 Å². The van der Waals surface area contributed by atoms with Crippen LogP contribution in [0.4, 0.5) is 0 Å². The SMILES string of the molecule is CCCCN(C)CC(NC)c1ccc2ccccc2c1. The maximum absolute atomic E-state index is 3.45. The van der Waals surface area contributed by atoms with Crippen LogP contribution in [0, 0.1) is 0 Å². The molecule has 0 aromatic heterocycles. The molecule has 0 aliphatic rings. The van der Waals surface area contributed by atoms with Gasteiger partial charge < -0.3 is 10.2 Å². The first-order chi connectivity index (χ1) is 9.74. The van der Waals surface area contributed by atoms with Gasteiger partial charge in [-0.3, -0.25) is 0 Å². The Kier molecular flexibility index (Phi) is 5.57. The predicted molar refractivity (Wildman–Crippen MR) is 88.2 cm³/mol. The van der Waals surface area contributed by atoms with E-state index in [0.717, 1.165) is 6.54 Å². The van der Waals surface area contributed by atoms with E-state index in [1.807, 2.05) is 7.05 Å². The summed E-state index contributed by atoms with van der Waals surface area (Å²) in [6.45, 7) is 4.46. The van der Waals surface area contributed by atoms with E-state index >= 15 is 0 Å². The molecule has 0 bridgehead atoms. The van der Waals surface area contributed by atoms with Gasteiger partial charge in [0.2, 0.25) is 0 Å². The fourth-order valence-electron chi connectivity index (χ4n) is 2.62. The Morgan fingerprint density at radius 2 is 1.85 bits per heavy atom. The first kappa shape index (κ1) is 15.0. The number of fused-ring (bicyclic) bond motifs is 1. The molecule has 2 rings (SSSR count). The summed E-state index contributed by atoms with van der Waals surface area (Å²) in [4.78, 5) is 2.42. The van der Waals surface area contributed by atoms with E-state index in [1.54, 1.807) is 0 Å². The summed E-state index contributed by atoms with van der Waals surface area (Å²) in [6.07, 6.45) is 2.52. The standard InChI is InChI=1S/C18H26N2/c1-4-5-12-20(3)14-18(19-2)17-11-10-15-8-6-7-9-16(15)13-17/h6-11,13,18-19H,4-5,12,14H2,1-3H3. The van der Waals surface area contributed by atoms with Gasteiger partial charge in [-0.15, -0.1) is 0 Å². The highest BCUT2D eigenvalue weighted by Crippen LogP contribution is 2.21. The topological polar surface area (TPSA) is 15.3 Å². The van der Waals surface area contributed by atoms with Gasteiger partial charge in [-0.2, -0.15) is 0 Å². The molecule has 0 heterocycles.